The maximum atomic E-state index is 12.3. The lowest BCUT2D eigenvalue weighted by atomic mass is 10.2. The van der Waals surface area contributed by atoms with Gasteiger partial charge >= 0.3 is 6.03 Å². The molecular weight excluding hydrogens is 258 g/mol. The summed E-state index contributed by atoms with van der Waals surface area (Å²) in [6.45, 7) is 7.48. The van der Waals surface area contributed by atoms with Gasteiger partial charge in [0.1, 0.15) is 5.69 Å². The van der Waals surface area contributed by atoms with Gasteiger partial charge in [0, 0.05) is 19.3 Å². The van der Waals surface area contributed by atoms with Crippen molar-refractivity contribution in [3.63, 3.8) is 0 Å². The number of urea groups is 1. The standard InChI is InChI=1S/C14H21N3O3/c1-4-19-13-12(6-5-7-15-13)16-14(18)17-8-10(2)20-11(3)9-17/h5-7,10-11H,4,8-9H2,1-3H3,(H,16,18). The van der Waals surface area contributed by atoms with Crippen molar-refractivity contribution in [2.24, 2.45) is 0 Å². The van der Waals surface area contributed by atoms with Gasteiger partial charge in [-0.3, -0.25) is 0 Å². The summed E-state index contributed by atoms with van der Waals surface area (Å²) in [6.07, 6.45) is 1.73. The molecule has 0 saturated carbocycles. The van der Waals surface area contributed by atoms with Gasteiger partial charge in [-0.15, -0.1) is 0 Å². The number of pyridine rings is 1. The number of carbonyl (C=O) groups excluding carboxylic acids is 1. The molecule has 1 N–H and O–H groups in total. The highest BCUT2D eigenvalue weighted by molar-refractivity contribution is 5.90. The average molecular weight is 279 g/mol. The third kappa shape index (κ3) is 3.60. The quantitative estimate of drug-likeness (QED) is 0.920. The first-order chi connectivity index (χ1) is 9.60. The van der Waals surface area contributed by atoms with Gasteiger partial charge in [0.15, 0.2) is 0 Å². The fourth-order valence-corrected chi connectivity index (χ4v) is 2.28. The third-order valence-electron chi connectivity index (χ3n) is 3.00. The Bertz CT molecular complexity index is 457. The number of nitrogens with one attached hydrogen (secondary N) is 1. The zero-order chi connectivity index (χ0) is 14.5. The van der Waals surface area contributed by atoms with Crippen LogP contribution in [0.1, 0.15) is 20.8 Å². The molecule has 1 aromatic heterocycles. The Labute approximate surface area is 119 Å². The van der Waals surface area contributed by atoms with E-state index < -0.39 is 0 Å². The Morgan fingerprint density at radius 2 is 2.20 bits per heavy atom. The van der Waals surface area contributed by atoms with E-state index in [1.807, 2.05) is 20.8 Å². The first kappa shape index (κ1) is 14.6. The van der Waals surface area contributed by atoms with Crippen molar-refractivity contribution in [3.8, 4) is 5.88 Å². The number of hydrogen-bond acceptors (Lipinski definition) is 4. The van der Waals surface area contributed by atoms with Gasteiger partial charge in [-0.2, -0.15) is 0 Å². The molecule has 110 valence electrons. The summed E-state index contributed by atoms with van der Waals surface area (Å²) in [5.41, 5.74) is 0.589. The first-order valence-corrected chi connectivity index (χ1v) is 6.89. The van der Waals surface area contributed by atoms with Crippen LogP contribution < -0.4 is 10.1 Å². The SMILES string of the molecule is CCOc1ncccc1NC(=O)N1CC(C)OC(C)C1. The minimum Gasteiger partial charge on any atom is -0.476 e. The second-order valence-electron chi connectivity index (χ2n) is 4.88. The molecule has 1 aliphatic rings. The van der Waals surface area contributed by atoms with Crippen LogP contribution in [0.3, 0.4) is 0 Å². The molecule has 0 radical (unpaired) electrons. The molecule has 1 saturated heterocycles. The molecule has 0 spiro atoms. The normalized spacial score (nSPS) is 22.4. The molecular formula is C14H21N3O3. The third-order valence-corrected chi connectivity index (χ3v) is 3.00. The molecule has 0 aromatic carbocycles. The van der Waals surface area contributed by atoms with Crippen molar-refractivity contribution in [3.05, 3.63) is 18.3 Å². The molecule has 6 nitrogen and oxygen atoms in total. The highest BCUT2D eigenvalue weighted by Gasteiger charge is 2.26. The van der Waals surface area contributed by atoms with Crippen LogP contribution in [0.4, 0.5) is 10.5 Å². The molecule has 2 rings (SSSR count). The predicted molar refractivity (Wildman–Crippen MR) is 76.0 cm³/mol. The predicted octanol–water partition coefficient (Wildman–Crippen LogP) is 2.12. The van der Waals surface area contributed by atoms with Crippen LogP contribution in [0.25, 0.3) is 0 Å². The number of ether oxygens (including phenoxy) is 2. The number of nitrogens with zero attached hydrogens (tertiary/aromatic N) is 2. The fourth-order valence-electron chi connectivity index (χ4n) is 2.28. The molecule has 6 heteroatoms. The Morgan fingerprint density at radius 1 is 1.50 bits per heavy atom. The zero-order valence-electron chi connectivity index (χ0n) is 12.1. The maximum absolute atomic E-state index is 12.3. The highest BCUT2D eigenvalue weighted by atomic mass is 16.5. The number of anilines is 1. The van der Waals surface area contributed by atoms with Crippen LogP contribution in [0.5, 0.6) is 5.88 Å². The number of rotatable bonds is 3. The van der Waals surface area contributed by atoms with Crippen molar-refractivity contribution in [2.75, 3.05) is 25.0 Å². The van der Waals surface area contributed by atoms with Crippen LogP contribution in [0.15, 0.2) is 18.3 Å². The Kier molecular flexibility index (Phi) is 4.79. The second kappa shape index (κ2) is 6.56. The lowest BCUT2D eigenvalue weighted by Gasteiger charge is -2.35. The lowest BCUT2D eigenvalue weighted by molar-refractivity contribution is -0.0530. The summed E-state index contributed by atoms with van der Waals surface area (Å²) in [5, 5.41) is 2.85. The van der Waals surface area contributed by atoms with Gasteiger partial charge in [0.2, 0.25) is 5.88 Å². The fraction of sp³-hybridized carbons (Fsp3) is 0.571. The lowest BCUT2D eigenvalue weighted by Crippen LogP contribution is -2.49. The summed E-state index contributed by atoms with van der Waals surface area (Å²) in [7, 11) is 0. The first-order valence-electron chi connectivity index (χ1n) is 6.89. The number of carbonyl (C=O) groups is 1. The van der Waals surface area contributed by atoms with E-state index in [1.54, 1.807) is 23.2 Å². The van der Waals surface area contributed by atoms with Crippen LogP contribution in [0, 0.1) is 0 Å². The van der Waals surface area contributed by atoms with E-state index in [-0.39, 0.29) is 18.2 Å². The molecule has 1 aliphatic heterocycles. The number of morpholine rings is 1. The molecule has 2 heterocycles. The van der Waals surface area contributed by atoms with Gasteiger partial charge in [0.05, 0.1) is 18.8 Å². The summed E-state index contributed by atoms with van der Waals surface area (Å²) < 4.78 is 11.0. The maximum Gasteiger partial charge on any atom is 0.322 e. The Hall–Kier alpha value is -1.82. The van der Waals surface area contributed by atoms with Crippen LogP contribution >= 0.6 is 0 Å². The molecule has 1 aromatic rings. The van der Waals surface area contributed by atoms with Gasteiger partial charge in [-0.25, -0.2) is 9.78 Å². The number of amides is 2. The average Bonchev–Trinajstić information content (AvgIpc) is 2.40. The second-order valence-corrected chi connectivity index (χ2v) is 4.88. The summed E-state index contributed by atoms with van der Waals surface area (Å²) in [5.74, 6) is 0.442. The van der Waals surface area contributed by atoms with E-state index in [1.165, 1.54) is 0 Å². The van der Waals surface area contributed by atoms with E-state index >= 15 is 0 Å². The van der Waals surface area contributed by atoms with Gasteiger partial charge in [-0.1, -0.05) is 0 Å². The van der Waals surface area contributed by atoms with E-state index in [0.717, 1.165) is 0 Å². The van der Waals surface area contributed by atoms with E-state index in [4.69, 9.17) is 9.47 Å². The van der Waals surface area contributed by atoms with Gasteiger partial charge in [0.25, 0.3) is 0 Å². The molecule has 1 fully saturated rings. The number of hydrogen-bond donors (Lipinski definition) is 1. The van der Waals surface area contributed by atoms with Crippen molar-refractivity contribution in [1.82, 2.24) is 9.88 Å². The van der Waals surface area contributed by atoms with E-state index in [9.17, 15) is 4.79 Å². The minimum atomic E-state index is -0.152. The Morgan fingerprint density at radius 3 is 2.85 bits per heavy atom. The molecule has 0 aliphatic carbocycles. The molecule has 2 unspecified atom stereocenters. The monoisotopic (exact) mass is 279 g/mol. The van der Waals surface area contributed by atoms with Crippen molar-refractivity contribution >= 4 is 11.7 Å². The van der Waals surface area contributed by atoms with Crippen LogP contribution in [-0.4, -0.2) is 47.8 Å². The Balaban J connectivity index is 2.04. The molecule has 2 atom stereocenters. The molecule has 2 amide bonds. The topological polar surface area (TPSA) is 63.7 Å². The molecule has 0 bridgehead atoms. The summed E-state index contributed by atoms with van der Waals surface area (Å²) >= 11 is 0. The van der Waals surface area contributed by atoms with Crippen LogP contribution in [0.2, 0.25) is 0 Å². The zero-order valence-corrected chi connectivity index (χ0v) is 12.1. The van der Waals surface area contributed by atoms with E-state index in [0.29, 0.717) is 31.3 Å². The van der Waals surface area contributed by atoms with Gasteiger partial charge in [-0.05, 0) is 32.9 Å². The highest BCUT2D eigenvalue weighted by Crippen LogP contribution is 2.21. The van der Waals surface area contributed by atoms with Gasteiger partial charge < -0.3 is 19.7 Å². The summed E-state index contributed by atoms with van der Waals surface area (Å²) in [4.78, 5) is 18.2. The largest absolute Gasteiger partial charge is 0.476 e. The van der Waals surface area contributed by atoms with E-state index in [2.05, 4.69) is 10.3 Å². The van der Waals surface area contributed by atoms with Crippen molar-refractivity contribution < 1.29 is 14.3 Å². The number of aromatic nitrogens is 1. The van der Waals surface area contributed by atoms with Crippen molar-refractivity contribution in [1.29, 1.82) is 0 Å². The van der Waals surface area contributed by atoms with Crippen molar-refractivity contribution in [2.45, 2.75) is 33.0 Å². The molecule has 20 heavy (non-hydrogen) atoms. The van der Waals surface area contributed by atoms with Crippen LogP contribution in [-0.2, 0) is 4.74 Å². The summed E-state index contributed by atoms with van der Waals surface area (Å²) in [6, 6.07) is 3.40. The minimum absolute atomic E-state index is 0.0461. The smallest absolute Gasteiger partial charge is 0.322 e.